The average Bonchev–Trinajstić information content (AvgIpc) is 2.77. The minimum absolute atomic E-state index is 0.0178. The van der Waals surface area contributed by atoms with Crippen molar-refractivity contribution in [2.75, 3.05) is 38.5 Å². The first-order chi connectivity index (χ1) is 14.7. The number of nitrogens with zero attached hydrogens (tertiary/aromatic N) is 2. The number of sulfonamides is 2. The fourth-order valence-electron chi connectivity index (χ4n) is 3.04. The molecule has 1 aliphatic rings. The van der Waals surface area contributed by atoms with E-state index in [1.165, 1.54) is 28.6 Å². The van der Waals surface area contributed by atoms with Gasteiger partial charge in [-0.2, -0.15) is 4.31 Å². The fourth-order valence-corrected chi connectivity index (χ4v) is 5.76. The zero-order valence-electron chi connectivity index (χ0n) is 16.7. The molecule has 1 heterocycles. The van der Waals surface area contributed by atoms with Gasteiger partial charge in [-0.15, -0.1) is 11.8 Å². The standard InChI is InChI=1S/C19H24N4O5S3/c20-30(25,26)17-6-8-18(9-7-17)31(27,28)23-13-11-22(12-14-23)19(24)21-10-15-29-16-4-2-1-3-5-16/h1-9H,10-15H2,(H,21,24)(H2,20,25,26). The first-order valence-electron chi connectivity index (χ1n) is 9.51. The Labute approximate surface area is 186 Å². The molecule has 2 amide bonds. The van der Waals surface area contributed by atoms with E-state index in [1.54, 1.807) is 16.7 Å². The van der Waals surface area contributed by atoms with Gasteiger partial charge in [-0.1, -0.05) is 18.2 Å². The van der Waals surface area contributed by atoms with Crippen LogP contribution in [0.4, 0.5) is 4.79 Å². The summed E-state index contributed by atoms with van der Waals surface area (Å²) in [6, 6.07) is 14.4. The monoisotopic (exact) mass is 484 g/mol. The highest BCUT2D eigenvalue weighted by Gasteiger charge is 2.30. The summed E-state index contributed by atoms with van der Waals surface area (Å²) in [7, 11) is -7.68. The second-order valence-corrected chi connectivity index (χ2v) is 11.5. The predicted molar refractivity (Wildman–Crippen MR) is 119 cm³/mol. The largest absolute Gasteiger partial charge is 0.337 e. The number of amides is 2. The highest BCUT2D eigenvalue weighted by molar-refractivity contribution is 7.99. The molecule has 2 aromatic rings. The van der Waals surface area contributed by atoms with Crippen LogP contribution in [0.5, 0.6) is 0 Å². The van der Waals surface area contributed by atoms with Crippen LogP contribution < -0.4 is 10.5 Å². The van der Waals surface area contributed by atoms with Crippen LogP contribution in [0.1, 0.15) is 0 Å². The van der Waals surface area contributed by atoms with E-state index in [-0.39, 0.29) is 42.0 Å². The molecule has 168 valence electrons. The number of nitrogens with two attached hydrogens (primary N) is 1. The molecule has 0 saturated carbocycles. The Kier molecular flexibility index (Phi) is 7.59. The topological polar surface area (TPSA) is 130 Å². The first kappa shape index (κ1) is 23.5. The maximum Gasteiger partial charge on any atom is 0.317 e. The molecule has 1 saturated heterocycles. The lowest BCUT2D eigenvalue weighted by molar-refractivity contribution is 0.173. The van der Waals surface area contributed by atoms with Gasteiger partial charge in [-0.25, -0.2) is 26.8 Å². The van der Waals surface area contributed by atoms with Crippen LogP contribution >= 0.6 is 11.8 Å². The molecule has 12 heteroatoms. The fraction of sp³-hybridized carbons (Fsp3) is 0.316. The molecular weight excluding hydrogens is 460 g/mol. The van der Waals surface area contributed by atoms with Gasteiger partial charge in [-0.05, 0) is 36.4 Å². The summed E-state index contributed by atoms with van der Waals surface area (Å²) in [5.74, 6) is 0.735. The lowest BCUT2D eigenvalue weighted by Gasteiger charge is -2.34. The van der Waals surface area contributed by atoms with Crippen molar-refractivity contribution in [1.29, 1.82) is 0 Å². The van der Waals surface area contributed by atoms with E-state index in [0.717, 1.165) is 10.6 Å². The molecule has 1 fully saturated rings. The Bertz CT molecular complexity index is 1100. The molecule has 31 heavy (non-hydrogen) atoms. The van der Waals surface area contributed by atoms with Crippen molar-refractivity contribution in [3.63, 3.8) is 0 Å². The van der Waals surface area contributed by atoms with E-state index < -0.39 is 20.0 Å². The van der Waals surface area contributed by atoms with Crippen molar-refractivity contribution in [2.45, 2.75) is 14.7 Å². The van der Waals surface area contributed by atoms with Gasteiger partial charge in [0.25, 0.3) is 0 Å². The third-order valence-electron chi connectivity index (χ3n) is 4.71. The Morgan fingerprint density at radius 2 is 1.48 bits per heavy atom. The van der Waals surface area contributed by atoms with Crippen LogP contribution in [0.3, 0.4) is 0 Å². The van der Waals surface area contributed by atoms with E-state index in [2.05, 4.69) is 5.32 Å². The van der Waals surface area contributed by atoms with Gasteiger partial charge in [0.05, 0.1) is 9.79 Å². The normalized spacial score (nSPS) is 15.6. The van der Waals surface area contributed by atoms with Gasteiger partial charge in [0, 0.05) is 43.4 Å². The van der Waals surface area contributed by atoms with Gasteiger partial charge in [0.1, 0.15) is 0 Å². The molecule has 0 aromatic heterocycles. The van der Waals surface area contributed by atoms with Crippen molar-refractivity contribution >= 4 is 37.8 Å². The van der Waals surface area contributed by atoms with E-state index in [1.807, 2.05) is 30.3 Å². The molecule has 3 rings (SSSR count). The lowest BCUT2D eigenvalue weighted by Crippen LogP contribution is -2.53. The third kappa shape index (κ3) is 6.20. The molecule has 0 atom stereocenters. The number of piperazine rings is 1. The van der Waals surface area contributed by atoms with Crippen molar-refractivity contribution < 1.29 is 21.6 Å². The molecule has 9 nitrogen and oxygen atoms in total. The van der Waals surface area contributed by atoms with Crippen LogP contribution in [-0.2, 0) is 20.0 Å². The zero-order chi connectivity index (χ0) is 22.5. The molecule has 0 spiro atoms. The van der Waals surface area contributed by atoms with E-state index >= 15 is 0 Å². The number of carbonyl (C=O) groups excluding carboxylic acids is 1. The van der Waals surface area contributed by atoms with Gasteiger partial charge >= 0.3 is 6.03 Å². The second kappa shape index (κ2) is 10.0. The Morgan fingerprint density at radius 3 is 2.06 bits per heavy atom. The molecule has 0 unspecified atom stereocenters. The number of urea groups is 1. The minimum Gasteiger partial charge on any atom is -0.337 e. The van der Waals surface area contributed by atoms with Gasteiger partial charge < -0.3 is 10.2 Å². The highest BCUT2D eigenvalue weighted by atomic mass is 32.2. The average molecular weight is 485 g/mol. The number of thioether (sulfide) groups is 1. The molecule has 0 aliphatic carbocycles. The Hall–Kier alpha value is -2.12. The van der Waals surface area contributed by atoms with Crippen LogP contribution in [0.15, 0.2) is 69.3 Å². The lowest BCUT2D eigenvalue weighted by atomic mass is 10.4. The number of hydrogen-bond acceptors (Lipinski definition) is 6. The zero-order valence-corrected chi connectivity index (χ0v) is 19.1. The summed E-state index contributed by atoms with van der Waals surface area (Å²) >= 11 is 1.65. The van der Waals surface area contributed by atoms with Gasteiger partial charge in [0.2, 0.25) is 20.0 Å². The maximum atomic E-state index is 12.8. The van der Waals surface area contributed by atoms with Crippen molar-refractivity contribution in [3.05, 3.63) is 54.6 Å². The maximum absolute atomic E-state index is 12.8. The molecule has 0 bridgehead atoms. The second-order valence-electron chi connectivity index (χ2n) is 6.80. The summed E-state index contributed by atoms with van der Waals surface area (Å²) in [5.41, 5.74) is 0. The molecule has 3 N–H and O–H groups in total. The van der Waals surface area contributed by atoms with Crippen molar-refractivity contribution in [3.8, 4) is 0 Å². The number of benzene rings is 2. The van der Waals surface area contributed by atoms with Crippen LogP contribution in [0.2, 0.25) is 0 Å². The van der Waals surface area contributed by atoms with E-state index in [0.29, 0.717) is 6.54 Å². The molecule has 2 aromatic carbocycles. The SMILES string of the molecule is NS(=O)(=O)c1ccc(S(=O)(=O)N2CCN(C(=O)NCCSc3ccccc3)CC2)cc1. The minimum atomic E-state index is -3.89. The van der Waals surface area contributed by atoms with Crippen molar-refractivity contribution in [2.24, 2.45) is 5.14 Å². The Morgan fingerprint density at radius 1 is 0.903 bits per heavy atom. The third-order valence-corrected chi connectivity index (χ3v) is 8.56. The summed E-state index contributed by atoms with van der Waals surface area (Å²) in [6.45, 7) is 1.36. The number of primary sulfonamides is 1. The number of rotatable bonds is 7. The van der Waals surface area contributed by atoms with Crippen LogP contribution in [0.25, 0.3) is 0 Å². The summed E-state index contributed by atoms with van der Waals surface area (Å²) in [4.78, 5) is 14.9. The quantitative estimate of drug-likeness (QED) is 0.448. The first-order valence-corrected chi connectivity index (χ1v) is 13.5. The summed E-state index contributed by atoms with van der Waals surface area (Å²) in [5, 5.41) is 7.90. The van der Waals surface area contributed by atoms with E-state index in [4.69, 9.17) is 5.14 Å². The van der Waals surface area contributed by atoms with Crippen molar-refractivity contribution in [1.82, 2.24) is 14.5 Å². The summed E-state index contributed by atoms with van der Waals surface area (Å²) in [6.07, 6.45) is 0. The number of carbonyl (C=O) groups is 1. The summed E-state index contributed by atoms with van der Waals surface area (Å²) < 4.78 is 49.5. The van der Waals surface area contributed by atoms with Gasteiger partial charge in [-0.3, -0.25) is 0 Å². The molecule has 1 aliphatic heterocycles. The van der Waals surface area contributed by atoms with Crippen LogP contribution in [0, 0.1) is 0 Å². The van der Waals surface area contributed by atoms with Crippen LogP contribution in [-0.4, -0.2) is 70.5 Å². The number of nitrogens with one attached hydrogen (secondary N) is 1. The molecule has 0 radical (unpaired) electrons. The molecular formula is C19H24N4O5S3. The Balaban J connectivity index is 1.48. The number of hydrogen-bond donors (Lipinski definition) is 2. The highest BCUT2D eigenvalue weighted by Crippen LogP contribution is 2.20. The van der Waals surface area contributed by atoms with Gasteiger partial charge in [0.15, 0.2) is 0 Å². The smallest absolute Gasteiger partial charge is 0.317 e. The predicted octanol–water partition coefficient (Wildman–Crippen LogP) is 1.14. The van der Waals surface area contributed by atoms with E-state index in [9.17, 15) is 21.6 Å².